The number of rotatable bonds is 6. The van der Waals surface area contributed by atoms with Crippen LogP contribution in [0.3, 0.4) is 0 Å². The molecule has 4 heterocycles. The lowest BCUT2D eigenvalue weighted by Crippen LogP contribution is -2.51. The van der Waals surface area contributed by atoms with Gasteiger partial charge in [-0.3, -0.25) is 0 Å². The van der Waals surface area contributed by atoms with Crippen molar-refractivity contribution >= 4 is 41.7 Å². The minimum absolute atomic E-state index is 0.00408. The summed E-state index contributed by atoms with van der Waals surface area (Å²) in [4.78, 5) is 12.3. The number of anilines is 1. The van der Waals surface area contributed by atoms with E-state index in [0.29, 0.717) is 34.0 Å². The number of aliphatic imine (C=N–C) groups is 1. The Labute approximate surface area is 208 Å². The van der Waals surface area contributed by atoms with E-state index in [2.05, 4.69) is 26.8 Å². The van der Waals surface area contributed by atoms with E-state index >= 15 is 0 Å². The predicted molar refractivity (Wildman–Crippen MR) is 135 cm³/mol. The Morgan fingerprint density at radius 3 is 2.68 bits per heavy atom. The normalized spacial score (nSPS) is 23.6. The van der Waals surface area contributed by atoms with E-state index in [-0.39, 0.29) is 30.0 Å². The standard InChI is InChI=1S/C22H31ClN8O2S/c1-5-14(16(23)19(25)26-4)34-17-12(2)27-21(31-15(10-32)28-29-20(17)31)30-8-6-22(7-9-30)11-33-13(3)18(22)24/h5,13,18,32H,4,6-11,24-25H2,1-3H3/b14-5+,19-16+/t13-,18+/m0/s1. The van der Waals surface area contributed by atoms with Crippen LogP contribution < -0.4 is 16.4 Å². The minimum atomic E-state index is -0.262. The lowest BCUT2D eigenvalue weighted by Gasteiger charge is -2.41. The van der Waals surface area contributed by atoms with Gasteiger partial charge >= 0.3 is 0 Å². The van der Waals surface area contributed by atoms with Crippen molar-refractivity contribution in [3.63, 3.8) is 0 Å². The molecule has 5 N–H and O–H groups in total. The smallest absolute Gasteiger partial charge is 0.213 e. The second-order valence-electron chi connectivity index (χ2n) is 8.76. The fourth-order valence-electron chi connectivity index (χ4n) is 4.68. The summed E-state index contributed by atoms with van der Waals surface area (Å²) in [6, 6.07) is 0.0283. The lowest BCUT2D eigenvalue weighted by molar-refractivity contribution is 0.0973. The summed E-state index contributed by atoms with van der Waals surface area (Å²) >= 11 is 7.79. The van der Waals surface area contributed by atoms with Gasteiger partial charge in [0.05, 0.1) is 28.3 Å². The highest BCUT2D eigenvalue weighted by Gasteiger charge is 2.48. The topological polar surface area (TPSA) is 140 Å². The summed E-state index contributed by atoms with van der Waals surface area (Å²) in [6.07, 6.45) is 3.73. The first-order valence-electron chi connectivity index (χ1n) is 11.2. The maximum atomic E-state index is 9.97. The molecule has 0 unspecified atom stereocenters. The third-order valence-corrected chi connectivity index (χ3v) is 8.70. The van der Waals surface area contributed by atoms with Crippen LogP contribution in [-0.2, 0) is 11.3 Å². The highest BCUT2D eigenvalue weighted by molar-refractivity contribution is 8.03. The highest BCUT2D eigenvalue weighted by atomic mass is 35.5. The summed E-state index contributed by atoms with van der Waals surface area (Å²) in [5, 5.41) is 18.9. The van der Waals surface area contributed by atoms with Crippen LogP contribution in [0.25, 0.3) is 5.65 Å². The number of allylic oxidation sites excluding steroid dienone is 2. The zero-order valence-corrected chi connectivity index (χ0v) is 21.2. The number of aliphatic hydroxyl groups is 1. The molecule has 0 bridgehead atoms. The largest absolute Gasteiger partial charge is 0.388 e. The zero-order chi connectivity index (χ0) is 24.6. The molecule has 0 saturated carbocycles. The van der Waals surface area contributed by atoms with Crippen molar-refractivity contribution in [3.8, 4) is 0 Å². The molecule has 34 heavy (non-hydrogen) atoms. The molecule has 1 spiro atoms. The van der Waals surface area contributed by atoms with E-state index in [0.717, 1.165) is 36.5 Å². The highest BCUT2D eigenvalue weighted by Crippen LogP contribution is 2.43. The second-order valence-corrected chi connectivity index (χ2v) is 10.2. The number of hydrogen-bond acceptors (Lipinski definition) is 10. The Balaban J connectivity index is 1.71. The molecule has 2 atom stereocenters. The van der Waals surface area contributed by atoms with Crippen LogP contribution in [-0.4, -0.2) is 63.2 Å². The van der Waals surface area contributed by atoms with Gasteiger partial charge in [0, 0.05) is 29.5 Å². The molecule has 2 fully saturated rings. The van der Waals surface area contributed by atoms with Gasteiger partial charge in [-0.25, -0.2) is 14.4 Å². The number of nitrogens with zero attached hydrogens (tertiary/aromatic N) is 6. The number of nitrogens with two attached hydrogens (primary N) is 2. The van der Waals surface area contributed by atoms with Crippen molar-refractivity contribution in [1.82, 2.24) is 19.6 Å². The Kier molecular flexibility index (Phi) is 7.20. The van der Waals surface area contributed by atoms with Gasteiger partial charge < -0.3 is 26.2 Å². The van der Waals surface area contributed by atoms with Crippen LogP contribution >= 0.6 is 23.4 Å². The zero-order valence-electron chi connectivity index (χ0n) is 19.7. The summed E-state index contributed by atoms with van der Waals surface area (Å²) in [5.41, 5.74) is 13.7. The number of aliphatic hydroxyl groups excluding tert-OH is 1. The van der Waals surface area contributed by atoms with Gasteiger partial charge in [-0.05, 0) is 40.3 Å². The molecule has 2 aromatic heterocycles. The van der Waals surface area contributed by atoms with Gasteiger partial charge in [0.15, 0.2) is 11.5 Å². The predicted octanol–water partition coefficient (Wildman–Crippen LogP) is 2.32. The minimum Gasteiger partial charge on any atom is -0.388 e. The van der Waals surface area contributed by atoms with Crippen molar-refractivity contribution in [1.29, 1.82) is 0 Å². The number of thioether (sulfide) groups is 1. The van der Waals surface area contributed by atoms with Crippen LogP contribution in [0.4, 0.5) is 5.95 Å². The molecular formula is C22H31ClN8O2S. The first kappa shape index (κ1) is 24.9. The van der Waals surface area contributed by atoms with Crippen molar-refractivity contribution in [2.24, 2.45) is 21.9 Å². The summed E-state index contributed by atoms with van der Waals surface area (Å²) in [6.45, 7) is 11.3. The van der Waals surface area contributed by atoms with Crippen LogP contribution in [0, 0.1) is 12.3 Å². The van der Waals surface area contributed by atoms with Gasteiger partial charge in [0.25, 0.3) is 0 Å². The third kappa shape index (κ3) is 4.20. The maximum absolute atomic E-state index is 9.97. The van der Waals surface area contributed by atoms with Gasteiger partial charge in [-0.2, -0.15) is 0 Å². The molecule has 2 aliphatic rings. The summed E-state index contributed by atoms with van der Waals surface area (Å²) < 4.78 is 7.68. The number of hydrogen-bond donors (Lipinski definition) is 3. The fraction of sp³-hybridized carbons (Fsp3) is 0.545. The number of ether oxygens (including phenoxy) is 1. The number of fused-ring (bicyclic) bond motifs is 1. The van der Waals surface area contributed by atoms with E-state index in [4.69, 9.17) is 32.8 Å². The molecule has 4 rings (SSSR count). The van der Waals surface area contributed by atoms with Crippen molar-refractivity contribution in [2.75, 3.05) is 24.6 Å². The maximum Gasteiger partial charge on any atom is 0.213 e. The van der Waals surface area contributed by atoms with Crippen molar-refractivity contribution < 1.29 is 9.84 Å². The molecule has 10 nitrogen and oxygen atoms in total. The van der Waals surface area contributed by atoms with Crippen LogP contribution in [0.15, 0.2) is 31.7 Å². The van der Waals surface area contributed by atoms with E-state index in [1.807, 2.05) is 31.2 Å². The average molecular weight is 507 g/mol. The van der Waals surface area contributed by atoms with E-state index in [1.54, 1.807) is 0 Å². The van der Waals surface area contributed by atoms with Crippen LogP contribution in [0.5, 0.6) is 0 Å². The summed E-state index contributed by atoms with van der Waals surface area (Å²) in [7, 11) is 0. The van der Waals surface area contributed by atoms with Gasteiger partial charge in [0.1, 0.15) is 12.4 Å². The number of piperidine rings is 1. The molecule has 2 aromatic rings. The van der Waals surface area contributed by atoms with Crippen molar-refractivity contribution in [3.05, 3.63) is 33.4 Å². The molecule has 0 aliphatic carbocycles. The van der Waals surface area contributed by atoms with Gasteiger partial charge in [-0.15, -0.1) is 10.2 Å². The average Bonchev–Trinajstić information content (AvgIpc) is 3.40. The molecular weight excluding hydrogens is 476 g/mol. The SMILES string of the molecule is C=N/C(N)=C(Cl)\C(=C/C)Sc1c(C)nc(N2CCC3(CC2)CO[C@@H](C)[C@H]3N)n2c(CO)nnc12. The summed E-state index contributed by atoms with van der Waals surface area (Å²) in [5.74, 6) is 1.27. The monoisotopic (exact) mass is 506 g/mol. The van der Waals surface area contributed by atoms with Crippen LogP contribution in [0.2, 0.25) is 0 Å². The number of aryl methyl sites for hydroxylation is 1. The third-order valence-electron chi connectivity index (χ3n) is 6.85. The molecule has 2 aliphatic heterocycles. The van der Waals surface area contributed by atoms with Gasteiger partial charge in [0.2, 0.25) is 5.95 Å². The van der Waals surface area contributed by atoms with E-state index in [1.165, 1.54) is 11.8 Å². The number of halogens is 1. The fourth-order valence-corrected chi connectivity index (χ4v) is 5.91. The molecule has 0 amide bonds. The first-order chi connectivity index (χ1) is 16.3. The molecule has 0 aromatic carbocycles. The Hall–Kier alpha value is -2.18. The van der Waals surface area contributed by atoms with Crippen LogP contribution in [0.1, 0.15) is 38.2 Å². The van der Waals surface area contributed by atoms with Gasteiger partial charge in [-0.1, -0.05) is 29.4 Å². The van der Waals surface area contributed by atoms with E-state index in [9.17, 15) is 5.11 Å². The van der Waals surface area contributed by atoms with E-state index < -0.39 is 0 Å². The lowest BCUT2D eigenvalue weighted by atomic mass is 9.73. The Bertz CT molecular complexity index is 1160. The Morgan fingerprint density at radius 1 is 1.41 bits per heavy atom. The quantitative estimate of drug-likeness (QED) is 0.305. The first-order valence-corrected chi connectivity index (χ1v) is 12.4. The van der Waals surface area contributed by atoms with Crippen molar-refractivity contribution in [2.45, 2.75) is 57.3 Å². The second kappa shape index (κ2) is 9.82. The Morgan fingerprint density at radius 2 is 2.12 bits per heavy atom. The number of aromatic nitrogens is 4. The molecule has 2 saturated heterocycles. The molecule has 184 valence electrons. The molecule has 12 heteroatoms. The molecule has 0 radical (unpaired) electrons.